The normalized spacial score (nSPS) is 10.8. The number of carbonyl (C=O) groups excluding carboxylic acids is 1. The summed E-state index contributed by atoms with van der Waals surface area (Å²) in [6, 6.07) is 8.57. The molecule has 2 aromatic rings. The number of H-pyrrole nitrogens is 1. The van der Waals surface area contributed by atoms with E-state index in [0.717, 1.165) is 18.2 Å². The first-order valence-electron chi connectivity index (χ1n) is 7.19. The van der Waals surface area contributed by atoms with E-state index < -0.39 is 0 Å². The van der Waals surface area contributed by atoms with Crippen molar-refractivity contribution >= 4 is 16.8 Å². The number of hydrogen-bond donors (Lipinski definition) is 2. The highest BCUT2D eigenvalue weighted by Gasteiger charge is 2.18. The van der Waals surface area contributed by atoms with Crippen LogP contribution in [0.15, 0.2) is 35.1 Å². The Labute approximate surface area is 123 Å². The van der Waals surface area contributed by atoms with Crippen LogP contribution in [0.3, 0.4) is 0 Å². The molecule has 0 spiro atoms. The van der Waals surface area contributed by atoms with Gasteiger partial charge in [-0.15, -0.1) is 0 Å². The number of para-hydroxylation sites is 1. The Morgan fingerprint density at radius 1 is 1.29 bits per heavy atom. The van der Waals surface area contributed by atoms with Crippen molar-refractivity contribution in [1.82, 2.24) is 9.88 Å². The van der Waals surface area contributed by atoms with Crippen LogP contribution in [0, 0.1) is 0 Å². The van der Waals surface area contributed by atoms with Crippen LogP contribution in [0.1, 0.15) is 30.1 Å². The number of nitrogens with zero attached hydrogens (tertiary/aromatic N) is 1. The van der Waals surface area contributed by atoms with Crippen LogP contribution in [0.5, 0.6) is 0 Å². The summed E-state index contributed by atoms with van der Waals surface area (Å²) >= 11 is 0. The van der Waals surface area contributed by atoms with Crippen LogP contribution in [-0.2, 0) is 0 Å². The van der Waals surface area contributed by atoms with E-state index in [9.17, 15) is 9.59 Å². The van der Waals surface area contributed by atoms with Crippen molar-refractivity contribution in [3.63, 3.8) is 0 Å². The number of aromatic nitrogens is 1. The van der Waals surface area contributed by atoms with E-state index in [1.165, 1.54) is 6.07 Å². The molecule has 0 aliphatic carbocycles. The predicted octanol–water partition coefficient (Wildman–Crippen LogP) is 1.76. The maximum atomic E-state index is 12.7. The second-order valence-electron chi connectivity index (χ2n) is 4.96. The van der Waals surface area contributed by atoms with Gasteiger partial charge in [-0.25, -0.2) is 0 Å². The number of aliphatic hydroxyl groups is 1. The molecule has 5 nitrogen and oxygen atoms in total. The number of unbranched alkanes of at least 4 members (excludes halogenated alkanes) is 1. The Morgan fingerprint density at radius 2 is 2.05 bits per heavy atom. The highest BCUT2D eigenvalue weighted by molar-refractivity contribution is 6.05. The van der Waals surface area contributed by atoms with Crippen LogP contribution in [0.4, 0.5) is 0 Å². The van der Waals surface area contributed by atoms with Crippen molar-refractivity contribution in [2.75, 3.05) is 19.7 Å². The number of amides is 1. The Bertz CT molecular complexity index is 679. The zero-order valence-electron chi connectivity index (χ0n) is 12.1. The molecule has 1 aromatic heterocycles. The number of benzene rings is 1. The van der Waals surface area contributed by atoms with Gasteiger partial charge in [-0.1, -0.05) is 31.5 Å². The fourth-order valence-electron chi connectivity index (χ4n) is 2.34. The molecule has 1 heterocycles. The van der Waals surface area contributed by atoms with Crippen molar-refractivity contribution in [3.8, 4) is 0 Å². The Morgan fingerprint density at radius 3 is 2.76 bits per heavy atom. The van der Waals surface area contributed by atoms with Crippen molar-refractivity contribution in [2.45, 2.75) is 19.8 Å². The van der Waals surface area contributed by atoms with E-state index >= 15 is 0 Å². The number of hydrogen-bond acceptors (Lipinski definition) is 3. The molecule has 21 heavy (non-hydrogen) atoms. The average molecular weight is 288 g/mol. The largest absolute Gasteiger partial charge is 0.395 e. The van der Waals surface area contributed by atoms with Crippen molar-refractivity contribution in [3.05, 3.63) is 46.2 Å². The topological polar surface area (TPSA) is 73.4 Å². The maximum absolute atomic E-state index is 12.7. The van der Waals surface area contributed by atoms with Gasteiger partial charge >= 0.3 is 0 Å². The second kappa shape index (κ2) is 7.04. The van der Waals surface area contributed by atoms with Crippen LogP contribution >= 0.6 is 0 Å². The smallest absolute Gasteiger partial charge is 0.254 e. The van der Waals surface area contributed by atoms with E-state index in [0.29, 0.717) is 17.6 Å². The molecular weight excluding hydrogens is 268 g/mol. The minimum atomic E-state index is -0.295. The summed E-state index contributed by atoms with van der Waals surface area (Å²) < 4.78 is 0. The van der Waals surface area contributed by atoms with Gasteiger partial charge in [0.15, 0.2) is 0 Å². The van der Waals surface area contributed by atoms with E-state index in [2.05, 4.69) is 4.98 Å². The van der Waals surface area contributed by atoms with Crippen LogP contribution in [0.2, 0.25) is 0 Å². The molecule has 2 N–H and O–H groups in total. The predicted molar refractivity (Wildman–Crippen MR) is 82.5 cm³/mol. The lowest BCUT2D eigenvalue weighted by Crippen LogP contribution is -2.35. The molecule has 1 amide bonds. The Hall–Kier alpha value is -2.14. The summed E-state index contributed by atoms with van der Waals surface area (Å²) in [7, 11) is 0. The molecule has 5 heteroatoms. The number of aliphatic hydroxyl groups excluding tert-OH is 1. The molecule has 0 radical (unpaired) electrons. The minimum Gasteiger partial charge on any atom is -0.395 e. The van der Waals surface area contributed by atoms with Gasteiger partial charge in [-0.05, 0) is 12.5 Å². The molecule has 0 fully saturated rings. The fraction of sp³-hybridized carbons (Fsp3) is 0.375. The summed E-state index contributed by atoms with van der Waals surface area (Å²) in [4.78, 5) is 28.7. The number of rotatable bonds is 6. The van der Waals surface area contributed by atoms with E-state index in [4.69, 9.17) is 5.11 Å². The molecule has 0 bridgehead atoms. The van der Waals surface area contributed by atoms with Crippen LogP contribution in [0.25, 0.3) is 10.9 Å². The average Bonchev–Trinajstić information content (AvgIpc) is 2.50. The van der Waals surface area contributed by atoms with Gasteiger partial charge in [0.1, 0.15) is 0 Å². The number of pyridine rings is 1. The first kappa shape index (κ1) is 15.3. The highest BCUT2D eigenvalue weighted by atomic mass is 16.3. The zero-order valence-corrected chi connectivity index (χ0v) is 12.1. The molecule has 112 valence electrons. The second-order valence-corrected chi connectivity index (χ2v) is 4.96. The summed E-state index contributed by atoms with van der Waals surface area (Å²) in [6.45, 7) is 2.82. The van der Waals surface area contributed by atoms with Crippen LogP contribution in [-0.4, -0.2) is 40.6 Å². The van der Waals surface area contributed by atoms with Crippen molar-refractivity contribution < 1.29 is 9.90 Å². The van der Waals surface area contributed by atoms with Gasteiger partial charge in [0, 0.05) is 30.1 Å². The van der Waals surface area contributed by atoms with Gasteiger partial charge in [0.25, 0.3) is 5.91 Å². The van der Waals surface area contributed by atoms with Gasteiger partial charge in [0.2, 0.25) is 5.56 Å². The van der Waals surface area contributed by atoms with Gasteiger partial charge in [-0.3, -0.25) is 9.59 Å². The first-order valence-corrected chi connectivity index (χ1v) is 7.19. The van der Waals surface area contributed by atoms with E-state index in [-0.39, 0.29) is 24.6 Å². The fourth-order valence-corrected chi connectivity index (χ4v) is 2.34. The minimum absolute atomic E-state index is 0.0867. The van der Waals surface area contributed by atoms with Gasteiger partial charge in [0.05, 0.1) is 12.2 Å². The van der Waals surface area contributed by atoms with Crippen molar-refractivity contribution in [2.24, 2.45) is 0 Å². The number of fused-ring (bicyclic) bond motifs is 1. The number of aromatic amines is 1. The van der Waals surface area contributed by atoms with Crippen LogP contribution < -0.4 is 5.56 Å². The molecule has 0 aliphatic rings. The maximum Gasteiger partial charge on any atom is 0.254 e. The lowest BCUT2D eigenvalue weighted by Gasteiger charge is -2.22. The number of carbonyl (C=O) groups is 1. The molecule has 0 saturated carbocycles. The standard InChI is InChI=1S/C16H20N2O3/c1-2-3-8-18(9-10-19)16(21)13-11-15(20)17-14-7-5-4-6-12(13)14/h4-7,11,19H,2-3,8-10H2,1H3,(H,17,20). The Balaban J connectivity index is 2.43. The monoisotopic (exact) mass is 288 g/mol. The lowest BCUT2D eigenvalue weighted by molar-refractivity contribution is 0.0721. The third-order valence-electron chi connectivity index (χ3n) is 3.42. The van der Waals surface area contributed by atoms with E-state index in [1.807, 2.05) is 25.1 Å². The quantitative estimate of drug-likeness (QED) is 0.850. The molecule has 2 rings (SSSR count). The molecule has 1 aromatic carbocycles. The molecule has 0 aliphatic heterocycles. The summed E-state index contributed by atoms with van der Waals surface area (Å²) in [6.07, 6.45) is 1.83. The van der Waals surface area contributed by atoms with E-state index in [1.54, 1.807) is 11.0 Å². The zero-order chi connectivity index (χ0) is 15.2. The molecule has 0 unspecified atom stereocenters. The molecular formula is C16H20N2O3. The van der Waals surface area contributed by atoms with Crippen molar-refractivity contribution in [1.29, 1.82) is 0 Å². The Kier molecular flexibility index (Phi) is 5.11. The summed E-state index contributed by atoms with van der Waals surface area (Å²) in [5.41, 5.74) is 0.739. The number of nitrogens with one attached hydrogen (secondary N) is 1. The summed E-state index contributed by atoms with van der Waals surface area (Å²) in [5, 5.41) is 9.86. The molecule has 0 atom stereocenters. The molecule has 0 saturated heterocycles. The third-order valence-corrected chi connectivity index (χ3v) is 3.42. The highest BCUT2D eigenvalue weighted by Crippen LogP contribution is 2.16. The third kappa shape index (κ3) is 3.49. The summed E-state index contributed by atoms with van der Waals surface area (Å²) in [5.74, 6) is -0.209. The first-order chi connectivity index (χ1) is 10.2. The lowest BCUT2D eigenvalue weighted by atomic mass is 10.1. The SMILES string of the molecule is CCCCN(CCO)C(=O)c1cc(=O)[nH]c2ccccc12. The van der Waals surface area contributed by atoms with Gasteiger partial charge < -0.3 is 15.0 Å². The van der Waals surface area contributed by atoms with Gasteiger partial charge in [-0.2, -0.15) is 0 Å².